The summed E-state index contributed by atoms with van der Waals surface area (Å²) in [5.74, 6) is 1.62. The van der Waals surface area contributed by atoms with Crippen LogP contribution in [0.3, 0.4) is 0 Å². The van der Waals surface area contributed by atoms with Crippen molar-refractivity contribution >= 4 is 5.91 Å². The first-order chi connectivity index (χ1) is 11.7. The summed E-state index contributed by atoms with van der Waals surface area (Å²) in [5.41, 5.74) is 1.14. The van der Waals surface area contributed by atoms with Gasteiger partial charge in [0.1, 0.15) is 5.82 Å². The van der Waals surface area contributed by atoms with Crippen LogP contribution in [0.2, 0.25) is 0 Å². The number of carbonyl (C=O) groups excluding carboxylic acids is 1. The highest BCUT2D eigenvalue weighted by Crippen LogP contribution is 2.26. The Hall–Kier alpha value is -1.49. The Morgan fingerprint density at radius 3 is 2.42 bits per heavy atom. The molecule has 3 rings (SSSR count). The Labute approximate surface area is 145 Å². The van der Waals surface area contributed by atoms with Crippen molar-refractivity contribution in [3.63, 3.8) is 0 Å². The van der Waals surface area contributed by atoms with Crippen molar-refractivity contribution < 1.29 is 4.79 Å². The van der Waals surface area contributed by atoms with Crippen LogP contribution in [0.4, 0.5) is 0 Å². The largest absolute Gasteiger partial charge is 0.342 e. The molecule has 5 nitrogen and oxygen atoms in total. The van der Waals surface area contributed by atoms with Gasteiger partial charge in [0.05, 0.1) is 6.54 Å². The molecule has 1 aromatic rings. The number of carbonyl (C=O) groups is 1. The zero-order chi connectivity index (χ0) is 16.8. The molecule has 0 aliphatic carbocycles. The number of rotatable bonds is 3. The fourth-order valence-electron chi connectivity index (χ4n) is 3.89. The van der Waals surface area contributed by atoms with Crippen LogP contribution in [0.15, 0.2) is 12.3 Å². The molecule has 5 heteroatoms. The first kappa shape index (κ1) is 17.3. The standard InChI is InChI=1S/C19H30N4O/c1-16-20-10-7-18(21-16)17-8-13-23(14-9-17)19(24)15-22-11-5-3-2-4-6-12-22/h7,10,17H,2-6,8-9,11-15H2,1H3. The highest BCUT2D eigenvalue weighted by Gasteiger charge is 2.25. The van der Waals surface area contributed by atoms with Crippen LogP contribution >= 0.6 is 0 Å². The second-order valence-electron chi connectivity index (χ2n) is 7.23. The number of amides is 1. The topological polar surface area (TPSA) is 49.3 Å². The van der Waals surface area contributed by atoms with E-state index in [0.717, 1.165) is 50.5 Å². The van der Waals surface area contributed by atoms with Crippen molar-refractivity contribution in [2.45, 2.75) is 57.8 Å². The number of hydrogen-bond acceptors (Lipinski definition) is 4. The predicted molar refractivity (Wildman–Crippen MR) is 94.8 cm³/mol. The highest BCUT2D eigenvalue weighted by molar-refractivity contribution is 5.78. The number of piperidine rings is 1. The summed E-state index contributed by atoms with van der Waals surface area (Å²) in [4.78, 5) is 25.8. The maximum Gasteiger partial charge on any atom is 0.236 e. The van der Waals surface area contributed by atoms with Gasteiger partial charge in [0.2, 0.25) is 5.91 Å². The fourth-order valence-corrected chi connectivity index (χ4v) is 3.89. The molecule has 24 heavy (non-hydrogen) atoms. The van der Waals surface area contributed by atoms with E-state index in [9.17, 15) is 4.79 Å². The molecule has 0 saturated carbocycles. The summed E-state index contributed by atoms with van der Waals surface area (Å²) >= 11 is 0. The Balaban J connectivity index is 1.47. The summed E-state index contributed by atoms with van der Waals surface area (Å²) in [6.45, 7) is 6.44. The third kappa shape index (κ3) is 4.76. The van der Waals surface area contributed by atoms with Gasteiger partial charge >= 0.3 is 0 Å². The molecule has 3 heterocycles. The smallest absolute Gasteiger partial charge is 0.236 e. The molecule has 1 aromatic heterocycles. The second-order valence-corrected chi connectivity index (χ2v) is 7.23. The van der Waals surface area contributed by atoms with Crippen LogP contribution in [-0.2, 0) is 4.79 Å². The van der Waals surface area contributed by atoms with Crippen molar-refractivity contribution in [3.05, 3.63) is 23.8 Å². The SMILES string of the molecule is Cc1nccc(C2CCN(C(=O)CN3CCCCCCC3)CC2)n1. The average molecular weight is 330 g/mol. The third-order valence-electron chi connectivity index (χ3n) is 5.37. The Morgan fingerprint density at radius 1 is 1.08 bits per heavy atom. The number of likely N-dealkylation sites (tertiary alicyclic amines) is 2. The van der Waals surface area contributed by atoms with Gasteiger partial charge in [0.25, 0.3) is 0 Å². The van der Waals surface area contributed by atoms with Crippen LogP contribution in [0.1, 0.15) is 62.4 Å². The lowest BCUT2D eigenvalue weighted by Gasteiger charge is -2.33. The molecular weight excluding hydrogens is 300 g/mol. The molecule has 0 unspecified atom stereocenters. The van der Waals surface area contributed by atoms with Gasteiger partial charge in [0.15, 0.2) is 0 Å². The quantitative estimate of drug-likeness (QED) is 0.855. The first-order valence-corrected chi connectivity index (χ1v) is 9.52. The summed E-state index contributed by atoms with van der Waals surface area (Å²) in [5, 5.41) is 0. The van der Waals surface area contributed by atoms with E-state index < -0.39 is 0 Å². The van der Waals surface area contributed by atoms with E-state index in [1.807, 2.05) is 19.2 Å². The minimum absolute atomic E-state index is 0.313. The van der Waals surface area contributed by atoms with E-state index in [0.29, 0.717) is 18.4 Å². The van der Waals surface area contributed by atoms with Gasteiger partial charge in [-0.3, -0.25) is 9.69 Å². The fraction of sp³-hybridized carbons (Fsp3) is 0.737. The number of aryl methyl sites for hydroxylation is 1. The number of nitrogens with zero attached hydrogens (tertiary/aromatic N) is 4. The first-order valence-electron chi connectivity index (χ1n) is 9.52. The van der Waals surface area contributed by atoms with Crippen molar-refractivity contribution in [1.29, 1.82) is 0 Å². The molecule has 132 valence electrons. The molecule has 0 N–H and O–H groups in total. The zero-order valence-corrected chi connectivity index (χ0v) is 14.9. The average Bonchev–Trinajstić information content (AvgIpc) is 2.57. The molecule has 1 amide bonds. The zero-order valence-electron chi connectivity index (χ0n) is 14.9. The van der Waals surface area contributed by atoms with Gasteiger partial charge in [-0.2, -0.15) is 0 Å². The lowest BCUT2D eigenvalue weighted by Crippen LogP contribution is -2.44. The summed E-state index contributed by atoms with van der Waals surface area (Å²) in [7, 11) is 0. The molecule has 2 aliphatic heterocycles. The third-order valence-corrected chi connectivity index (χ3v) is 5.37. The van der Waals surface area contributed by atoms with Gasteiger partial charge in [-0.05, 0) is 51.8 Å². The normalized spacial score (nSPS) is 21.3. The lowest BCUT2D eigenvalue weighted by atomic mass is 9.93. The predicted octanol–water partition coefficient (Wildman–Crippen LogP) is 2.76. The minimum Gasteiger partial charge on any atom is -0.342 e. The molecular formula is C19H30N4O. The van der Waals surface area contributed by atoms with E-state index in [-0.39, 0.29) is 0 Å². The van der Waals surface area contributed by atoms with E-state index in [1.54, 1.807) is 0 Å². The van der Waals surface area contributed by atoms with E-state index in [1.165, 1.54) is 32.1 Å². The monoisotopic (exact) mass is 330 g/mol. The van der Waals surface area contributed by atoms with Crippen molar-refractivity contribution in [3.8, 4) is 0 Å². The number of hydrogen-bond donors (Lipinski definition) is 0. The van der Waals surface area contributed by atoms with Gasteiger partial charge in [-0.1, -0.05) is 19.3 Å². The van der Waals surface area contributed by atoms with Crippen molar-refractivity contribution in [1.82, 2.24) is 19.8 Å². The van der Waals surface area contributed by atoms with Gasteiger partial charge in [0, 0.05) is 30.9 Å². The van der Waals surface area contributed by atoms with Gasteiger partial charge < -0.3 is 4.90 Å². The van der Waals surface area contributed by atoms with Gasteiger partial charge in [-0.15, -0.1) is 0 Å². The maximum atomic E-state index is 12.6. The molecule has 0 aromatic carbocycles. The highest BCUT2D eigenvalue weighted by atomic mass is 16.2. The second kappa shape index (κ2) is 8.56. The van der Waals surface area contributed by atoms with Crippen LogP contribution in [0.25, 0.3) is 0 Å². The number of aromatic nitrogens is 2. The minimum atomic E-state index is 0.313. The van der Waals surface area contributed by atoms with Crippen LogP contribution < -0.4 is 0 Å². The van der Waals surface area contributed by atoms with E-state index >= 15 is 0 Å². The van der Waals surface area contributed by atoms with Crippen LogP contribution in [0, 0.1) is 6.92 Å². The summed E-state index contributed by atoms with van der Waals surface area (Å²) in [6, 6.07) is 2.02. The molecule has 2 fully saturated rings. The van der Waals surface area contributed by atoms with E-state index in [2.05, 4.69) is 19.8 Å². The molecule has 0 atom stereocenters. The molecule has 0 spiro atoms. The molecule has 0 radical (unpaired) electrons. The van der Waals surface area contributed by atoms with Crippen molar-refractivity contribution in [2.24, 2.45) is 0 Å². The lowest BCUT2D eigenvalue weighted by molar-refractivity contribution is -0.133. The summed E-state index contributed by atoms with van der Waals surface area (Å²) in [6.07, 6.45) is 10.3. The molecule has 2 aliphatic rings. The van der Waals surface area contributed by atoms with E-state index in [4.69, 9.17) is 0 Å². The van der Waals surface area contributed by atoms with Crippen LogP contribution in [0.5, 0.6) is 0 Å². The molecule has 0 bridgehead atoms. The Bertz CT molecular complexity index is 532. The summed E-state index contributed by atoms with van der Waals surface area (Å²) < 4.78 is 0. The Morgan fingerprint density at radius 2 is 1.75 bits per heavy atom. The molecule has 2 saturated heterocycles. The van der Waals surface area contributed by atoms with Gasteiger partial charge in [-0.25, -0.2) is 9.97 Å². The van der Waals surface area contributed by atoms with Crippen molar-refractivity contribution in [2.75, 3.05) is 32.7 Å². The maximum absolute atomic E-state index is 12.6. The Kier molecular flexibility index (Phi) is 6.18. The van der Waals surface area contributed by atoms with Crippen LogP contribution in [-0.4, -0.2) is 58.4 Å².